The molecule has 0 amide bonds. The summed E-state index contributed by atoms with van der Waals surface area (Å²) in [5.74, 6) is 1.75. The minimum atomic E-state index is -0.444. The Hall–Kier alpha value is -3.22. The van der Waals surface area contributed by atoms with Crippen molar-refractivity contribution < 1.29 is 9.66 Å². The molecule has 3 aromatic rings. The van der Waals surface area contributed by atoms with Crippen LogP contribution < -0.4 is 4.74 Å². The SMILES string of the molecule is Cc1ccc(C)c(OCc2nc(-c3cccc([N+](=O)[O-])c3)n[nH]2)c1. The van der Waals surface area contributed by atoms with E-state index in [0.717, 1.165) is 16.9 Å². The maximum absolute atomic E-state index is 10.8. The number of aromatic amines is 1. The van der Waals surface area contributed by atoms with E-state index in [1.807, 2.05) is 32.0 Å². The number of nitrogens with one attached hydrogen (secondary N) is 1. The molecule has 0 spiro atoms. The van der Waals surface area contributed by atoms with Gasteiger partial charge in [0.1, 0.15) is 12.4 Å². The molecule has 0 saturated heterocycles. The second-order valence-electron chi connectivity index (χ2n) is 5.47. The molecule has 0 aliphatic carbocycles. The molecule has 0 atom stereocenters. The Morgan fingerprint density at radius 2 is 2.04 bits per heavy atom. The lowest BCUT2D eigenvalue weighted by molar-refractivity contribution is -0.384. The van der Waals surface area contributed by atoms with E-state index in [1.54, 1.807) is 12.1 Å². The third-order valence-electron chi connectivity index (χ3n) is 3.55. The number of aryl methyl sites for hydroxylation is 2. The Labute approximate surface area is 138 Å². The van der Waals surface area contributed by atoms with Crippen molar-refractivity contribution in [2.75, 3.05) is 0 Å². The normalized spacial score (nSPS) is 10.6. The highest BCUT2D eigenvalue weighted by Gasteiger charge is 2.11. The number of benzene rings is 2. The van der Waals surface area contributed by atoms with Gasteiger partial charge in [0, 0.05) is 17.7 Å². The molecule has 0 fully saturated rings. The van der Waals surface area contributed by atoms with Crippen LogP contribution in [0, 0.1) is 24.0 Å². The molecule has 24 heavy (non-hydrogen) atoms. The number of aromatic nitrogens is 3. The topological polar surface area (TPSA) is 93.9 Å². The zero-order chi connectivity index (χ0) is 17.1. The monoisotopic (exact) mass is 324 g/mol. The predicted molar refractivity (Wildman–Crippen MR) is 88.7 cm³/mol. The minimum absolute atomic E-state index is 0.00508. The molecule has 0 saturated carbocycles. The molecule has 1 heterocycles. The van der Waals surface area contributed by atoms with Crippen molar-refractivity contribution in [1.82, 2.24) is 15.2 Å². The first-order valence-corrected chi connectivity index (χ1v) is 7.39. The molecular weight excluding hydrogens is 308 g/mol. The Morgan fingerprint density at radius 1 is 1.21 bits per heavy atom. The highest BCUT2D eigenvalue weighted by molar-refractivity contribution is 5.58. The number of nitro benzene ring substituents is 1. The lowest BCUT2D eigenvalue weighted by atomic mass is 10.1. The Kier molecular flexibility index (Phi) is 4.24. The van der Waals surface area contributed by atoms with Gasteiger partial charge >= 0.3 is 0 Å². The van der Waals surface area contributed by atoms with Gasteiger partial charge in [0.2, 0.25) is 0 Å². The maximum atomic E-state index is 10.8. The van der Waals surface area contributed by atoms with Crippen molar-refractivity contribution in [3.63, 3.8) is 0 Å². The van der Waals surface area contributed by atoms with Crippen molar-refractivity contribution in [2.24, 2.45) is 0 Å². The first-order valence-electron chi connectivity index (χ1n) is 7.39. The summed E-state index contributed by atoms with van der Waals surface area (Å²) in [5, 5.41) is 17.7. The molecule has 2 aromatic carbocycles. The molecule has 0 aliphatic rings. The van der Waals surface area contributed by atoms with Gasteiger partial charge in [-0.3, -0.25) is 15.2 Å². The third-order valence-corrected chi connectivity index (χ3v) is 3.55. The standard InChI is InChI=1S/C17H16N4O3/c1-11-6-7-12(2)15(8-11)24-10-16-18-17(20-19-16)13-4-3-5-14(9-13)21(22)23/h3-9H,10H2,1-2H3,(H,18,19,20). The summed E-state index contributed by atoms with van der Waals surface area (Å²) in [7, 11) is 0. The van der Waals surface area contributed by atoms with Gasteiger partial charge in [-0.15, -0.1) is 0 Å². The van der Waals surface area contributed by atoms with Gasteiger partial charge in [0.25, 0.3) is 5.69 Å². The smallest absolute Gasteiger partial charge is 0.270 e. The maximum Gasteiger partial charge on any atom is 0.270 e. The number of rotatable bonds is 5. The average molecular weight is 324 g/mol. The molecule has 3 rings (SSSR count). The van der Waals surface area contributed by atoms with E-state index in [4.69, 9.17) is 4.74 Å². The molecule has 0 unspecified atom stereocenters. The highest BCUT2D eigenvalue weighted by Crippen LogP contribution is 2.22. The van der Waals surface area contributed by atoms with Gasteiger partial charge in [-0.05, 0) is 31.0 Å². The van der Waals surface area contributed by atoms with Crippen molar-refractivity contribution in [3.8, 4) is 17.1 Å². The number of non-ortho nitro benzene ring substituents is 1. The van der Waals surface area contributed by atoms with Crippen molar-refractivity contribution in [2.45, 2.75) is 20.5 Å². The van der Waals surface area contributed by atoms with Crippen LogP contribution in [-0.2, 0) is 6.61 Å². The van der Waals surface area contributed by atoms with E-state index in [0.29, 0.717) is 17.2 Å². The fraction of sp³-hybridized carbons (Fsp3) is 0.176. The van der Waals surface area contributed by atoms with Crippen LogP contribution in [0.5, 0.6) is 5.75 Å². The molecule has 1 N–H and O–H groups in total. The molecule has 122 valence electrons. The number of hydrogen-bond donors (Lipinski definition) is 1. The Bertz CT molecular complexity index is 889. The van der Waals surface area contributed by atoms with Crippen LogP contribution in [0.15, 0.2) is 42.5 Å². The molecular formula is C17H16N4O3. The second kappa shape index (κ2) is 6.49. The lowest BCUT2D eigenvalue weighted by Gasteiger charge is -2.08. The van der Waals surface area contributed by atoms with Crippen molar-refractivity contribution >= 4 is 5.69 Å². The number of ether oxygens (including phenoxy) is 1. The lowest BCUT2D eigenvalue weighted by Crippen LogP contribution is -1.99. The quantitative estimate of drug-likeness (QED) is 0.572. The molecule has 0 bridgehead atoms. The number of nitrogens with zero attached hydrogens (tertiary/aromatic N) is 3. The summed E-state index contributed by atoms with van der Waals surface area (Å²) in [6.07, 6.45) is 0. The minimum Gasteiger partial charge on any atom is -0.485 e. The number of nitro groups is 1. The summed E-state index contributed by atoms with van der Waals surface area (Å²) >= 11 is 0. The summed E-state index contributed by atoms with van der Waals surface area (Å²) in [5.41, 5.74) is 2.74. The largest absolute Gasteiger partial charge is 0.485 e. The summed E-state index contributed by atoms with van der Waals surface area (Å²) in [4.78, 5) is 14.7. The van der Waals surface area contributed by atoms with Gasteiger partial charge in [-0.1, -0.05) is 24.3 Å². The van der Waals surface area contributed by atoms with E-state index in [2.05, 4.69) is 15.2 Å². The van der Waals surface area contributed by atoms with Crippen LogP contribution in [0.4, 0.5) is 5.69 Å². The van der Waals surface area contributed by atoms with Crippen LogP contribution in [-0.4, -0.2) is 20.1 Å². The molecule has 7 nitrogen and oxygen atoms in total. The number of H-pyrrole nitrogens is 1. The summed E-state index contributed by atoms with van der Waals surface area (Å²) < 4.78 is 5.77. The van der Waals surface area contributed by atoms with E-state index in [-0.39, 0.29) is 12.3 Å². The summed E-state index contributed by atoms with van der Waals surface area (Å²) in [6.45, 7) is 4.22. The predicted octanol–water partition coefficient (Wildman–Crippen LogP) is 3.58. The number of hydrogen-bond acceptors (Lipinski definition) is 5. The highest BCUT2D eigenvalue weighted by atomic mass is 16.6. The van der Waals surface area contributed by atoms with Crippen molar-refractivity contribution in [1.29, 1.82) is 0 Å². The molecule has 1 aromatic heterocycles. The zero-order valence-corrected chi connectivity index (χ0v) is 13.3. The Balaban J connectivity index is 1.75. The van der Waals surface area contributed by atoms with E-state index >= 15 is 0 Å². The van der Waals surface area contributed by atoms with Gasteiger partial charge in [-0.25, -0.2) is 4.98 Å². The van der Waals surface area contributed by atoms with Crippen LogP contribution in [0.1, 0.15) is 17.0 Å². The van der Waals surface area contributed by atoms with E-state index in [1.165, 1.54) is 12.1 Å². The van der Waals surface area contributed by atoms with Gasteiger partial charge in [0.05, 0.1) is 4.92 Å². The van der Waals surface area contributed by atoms with E-state index in [9.17, 15) is 10.1 Å². The zero-order valence-electron chi connectivity index (χ0n) is 13.3. The van der Waals surface area contributed by atoms with Gasteiger partial charge in [0.15, 0.2) is 11.6 Å². The van der Waals surface area contributed by atoms with Crippen LogP contribution in [0.2, 0.25) is 0 Å². The fourth-order valence-corrected chi connectivity index (χ4v) is 2.26. The van der Waals surface area contributed by atoms with Crippen LogP contribution in [0.25, 0.3) is 11.4 Å². The van der Waals surface area contributed by atoms with Crippen LogP contribution >= 0.6 is 0 Å². The Morgan fingerprint density at radius 3 is 2.83 bits per heavy atom. The van der Waals surface area contributed by atoms with Gasteiger partial charge < -0.3 is 4.74 Å². The molecule has 7 heteroatoms. The van der Waals surface area contributed by atoms with Crippen molar-refractivity contribution in [3.05, 3.63) is 69.5 Å². The fourth-order valence-electron chi connectivity index (χ4n) is 2.26. The average Bonchev–Trinajstić information content (AvgIpc) is 3.05. The molecule has 0 radical (unpaired) electrons. The first kappa shape index (κ1) is 15.7. The van der Waals surface area contributed by atoms with E-state index < -0.39 is 4.92 Å². The summed E-state index contributed by atoms with van der Waals surface area (Å²) in [6, 6.07) is 12.2. The third kappa shape index (κ3) is 3.40. The van der Waals surface area contributed by atoms with Crippen LogP contribution in [0.3, 0.4) is 0 Å². The van der Waals surface area contributed by atoms with Gasteiger partial charge in [-0.2, -0.15) is 5.10 Å². The first-order chi connectivity index (χ1) is 11.5. The second-order valence-corrected chi connectivity index (χ2v) is 5.47. The molecule has 0 aliphatic heterocycles.